The molecule has 0 fully saturated rings. The van der Waals surface area contributed by atoms with Crippen molar-refractivity contribution >= 4 is 5.82 Å². The second-order valence-electron chi connectivity index (χ2n) is 6.65. The van der Waals surface area contributed by atoms with Crippen LogP contribution in [-0.4, -0.2) is 15.7 Å². The number of benzene rings is 2. The van der Waals surface area contributed by atoms with Gasteiger partial charge in [-0.3, -0.25) is 13.9 Å². The molecule has 0 aliphatic heterocycles. The number of nitrogens with one attached hydrogen (secondary N) is 1. The predicted molar refractivity (Wildman–Crippen MR) is 111 cm³/mol. The number of nitriles is 1. The van der Waals surface area contributed by atoms with Crippen LogP contribution >= 0.6 is 0 Å². The quantitative estimate of drug-likeness (QED) is 0.669. The third-order valence-electron chi connectivity index (χ3n) is 4.69. The first-order chi connectivity index (χ1) is 14.0. The lowest BCUT2D eigenvalue weighted by Crippen LogP contribution is -2.40. The van der Waals surface area contributed by atoms with Crippen molar-refractivity contribution in [2.75, 3.05) is 11.9 Å². The zero-order valence-corrected chi connectivity index (χ0v) is 16.3. The van der Waals surface area contributed by atoms with Crippen LogP contribution in [0.1, 0.15) is 22.7 Å². The Kier molecular flexibility index (Phi) is 6.27. The third-order valence-corrected chi connectivity index (χ3v) is 4.69. The first kappa shape index (κ1) is 20.1. The molecule has 1 atom stereocenters. The zero-order valence-electron chi connectivity index (χ0n) is 16.3. The van der Waals surface area contributed by atoms with Crippen LogP contribution in [0.3, 0.4) is 0 Å². The van der Waals surface area contributed by atoms with Crippen molar-refractivity contribution in [3.63, 3.8) is 0 Å². The number of aromatic nitrogens is 2. The Labute approximate surface area is 168 Å². The van der Waals surface area contributed by atoms with Crippen LogP contribution in [0.15, 0.2) is 70.3 Å². The molecule has 7 heteroatoms. The Balaban J connectivity index is 1.91. The first-order valence-corrected chi connectivity index (χ1v) is 9.16. The number of ether oxygens (including phenoxy) is 1. The highest BCUT2D eigenvalue weighted by atomic mass is 16.5. The minimum atomic E-state index is -0.630. The molecule has 1 N–H and O–H groups in total. The van der Waals surface area contributed by atoms with E-state index in [1.165, 1.54) is 18.7 Å². The Hall–Kier alpha value is -3.63. The summed E-state index contributed by atoms with van der Waals surface area (Å²) in [7, 11) is 2.88. The molecule has 2 aromatic carbocycles. The van der Waals surface area contributed by atoms with E-state index in [9.17, 15) is 14.9 Å². The van der Waals surface area contributed by atoms with E-state index in [2.05, 4.69) is 5.32 Å². The molecular formula is C22H22N4O3. The van der Waals surface area contributed by atoms with Gasteiger partial charge in [0.2, 0.25) is 0 Å². The van der Waals surface area contributed by atoms with Crippen LogP contribution in [0.25, 0.3) is 0 Å². The molecule has 0 saturated carbocycles. The largest absolute Gasteiger partial charge is 0.374 e. The van der Waals surface area contributed by atoms with E-state index in [0.717, 1.165) is 15.7 Å². The van der Waals surface area contributed by atoms with Gasteiger partial charge in [-0.15, -0.1) is 0 Å². The number of nitrogens with zero attached hydrogens (tertiary/aromatic N) is 3. The van der Waals surface area contributed by atoms with Crippen molar-refractivity contribution in [1.82, 2.24) is 9.13 Å². The average molecular weight is 390 g/mol. The molecule has 0 radical (unpaired) electrons. The van der Waals surface area contributed by atoms with Crippen LogP contribution in [-0.2, 0) is 25.4 Å². The van der Waals surface area contributed by atoms with Gasteiger partial charge in [0.25, 0.3) is 5.56 Å². The topological polar surface area (TPSA) is 89.1 Å². The predicted octanol–water partition coefficient (Wildman–Crippen LogP) is 2.33. The molecule has 148 valence electrons. The van der Waals surface area contributed by atoms with Gasteiger partial charge in [-0.05, 0) is 11.1 Å². The van der Waals surface area contributed by atoms with Gasteiger partial charge in [-0.25, -0.2) is 4.79 Å². The zero-order chi connectivity index (χ0) is 20.8. The number of hydrogen-bond donors (Lipinski definition) is 1. The minimum absolute atomic E-state index is 0.112. The molecule has 0 aliphatic carbocycles. The first-order valence-electron chi connectivity index (χ1n) is 9.16. The van der Waals surface area contributed by atoms with Gasteiger partial charge in [-0.2, -0.15) is 5.26 Å². The summed E-state index contributed by atoms with van der Waals surface area (Å²) in [6.07, 6.45) is 0. The summed E-state index contributed by atoms with van der Waals surface area (Å²) in [5.41, 5.74) is 0.706. The normalized spacial score (nSPS) is 11.6. The van der Waals surface area contributed by atoms with Crippen molar-refractivity contribution in [3.8, 4) is 6.07 Å². The number of anilines is 1. The Morgan fingerprint density at radius 3 is 2.24 bits per heavy atom. The summed E-state index contributed by atoms with van der Waals surface area (Å²) in [4.78, 5) is 24.7. The van der Waals surface area contributed by atoms with Crippen molar-refractivity contribution in [3.05, 3.63) is 98.2 Å². The fraction of sp³-hybridized carbons (Fsp3) is 0.227. The van der Waals surface area contributed by atoms with E-state index in [0.29, 0.717) is 6.61 Å². The molecule has 0 amide bonds. The van der Waals surface area contributed by atoms with Crippen LogP contribution in [0.2, 0.25) is 0 Å². The van der Waals surface area contributed by atoms with Gasteiger partial charge in [-0.1, -0.05) is 60.7 Å². The SMILES string of the molecule is Cn1c(NC(COCc2ccccc2)c2ccccc2)c(C#N)c(=O)n(C)c1=O. The highest BCUT2D eigenvalue weighted by Crippen LogP contribution is 2.21. The monoisotopic (exact) mass is 390 g/mol. The van der Waals surface area contributed by atoms with E-state index in [-0.39, 0.29) is 24.0 Å². The fourth-order valence-electron chi connectivity index (χ4n) is 3.05. The molecule has 1 aromatic heterocycles. The summed E-state index contributed by atoms with van der Waals surface area (Å²) in [5.74, 6) is 0.178. The summed E-state index contributed by atoms with van der Waals surface area (Å²) < 4.78 is 8.08. The second-order valence-corrected chi connectivity index (χ2v) is 6.65. The summed E-state index contributed by atoms with van der Waals surface area (Å²) in [6, 6.07) is 20.9. The lowest BCUT2D eigenvalue weighted by molar-refractivity contribution is 0.112. The molecule has 0 spiro atoms. The van der Waals surface area contributed by atoms with Crippen LogP contribution in [0.4, 0.5) is 5.82 Å². The van der Waals surface area contributed by atoms with Gasteiger partial charge in [0.05, 0.1) is 19.3 Å². The van der Waals surface area contributed by atoms with E-state index in [1.807, 2.05) is 66.7 Å². The van der Waals surface area contributed by atoms with Crippen molar-refractivity contribution in [1.29, 1.82) is 5.26 Å². The molecule has 1 unspecified atom stereocenters. The average Bonchev–Trinajstić information content (AvgIpc) is 2.76. The van der Waals surface area contributed by atoms with Crippen molar-refractivity contribution < 1.29 is 4.74 Å². The number of hydrogen-bond acceptors (Lipinski definition) is 5. The summed E-state index contributed by atoms with van der Waals surface area (Å²) in [6.45, 7) is 0.708. The van der Waals surface area contributed by atoms with E-state index in [4.69, 9.17) is 4.74 Å². The van der Waals surface area contributed by atoms with Gasteiger partial charge in [0, 0.05) is 14.1 Å². The van der Waals surface area contributed by atoms with E-state index < -0.39 is 11.2 Å². The minimum Gasteiger partial charge on any atom is -0.374 e. The molecule has 3 aromatic rings. The van der Waals surface area contributed by atoms with Gasteiger partial charge in [0.1, 0.15) is 11.9 Å². The highest BCUT2D eigenvalue weighted by molar-refractivity contribution is 5.52. The van der Waals surface area contributed by atoms with Crippen LogP contribution < -0.4 is 16.6 Å². The number of rotatable bonds is 7. The molecule has 29 heavy (non-hydrogen) atoms. The lowest BCUT2D eigenvalue weighted by atomic mass is 10.1. The standard InChI is InChI=1S/C22H22N4O3/c1-25-20(18(13-23)21(27)26(2)22(25)28)24-19(17-11-7-4-8-12-17)15-29-14-16-9-5-3-6-10-16/h3-12,19,24H,14-15H2,1-2H3. The Morgan fingerprint density at radius 2 is 1.62 bits per heavy atom. The Bertz CT molecular complexity index is 1130. The second kappa shape index (κ2) is 9.04. The van der Waals surface area contributed by atoms with E-state index in [1.54, 1.807) is 0 Å². The Morgan fingerprint density at radius 1 is 1.00 bits per heavy atom. The summed E-state index contributed by atoms with van der Waals surface area (Å²) >= 11 is 0. The van der Waals surface area contributed by atoms with Gasteiger partial charge in [0.15, 0.2) is 5.56 Å². The smallest absolute Gasteiger partial charge is 0.332 e. The van der Waals surface area contributed by atoms with Crippen molar-refractivity contribution in [2.45, 2.75) is 12.6 Å². The maximum atomic E-state index is 12.4. The van der Waals surface area contributed by atoms with Gasteiger partial charge < -0.3 is 10.1 Å². The maximum Gasteiger partial charge on any atom is 0.332 e. The fourth-order valence-corrected chi connectivity index (χ4v) is 3.05. The lowest BCUT2D eigenvalue weighted by Gasteiger charge is -2.23. The van der Waals surface area contributed by atoms with Crippen LogP contribution in [0.5, 0.6) is 0 Å². The molecule has 3 rings (SSSR count). The molecule has 0 bridgehead atoms. The molecule has 0 saturated heterocycles. The molecule has 0 aliphatic rings. The van der Waals surface area contributed by atoms with Crippen LogP contribution in [0, 0.1) is 11.3 Å². The third kappa shape index (κ3) is 4.45. The highest BCUT2D eigenvalue weighted by Gasteiger charge is 2.20. The molecular weight excluding hydrogens is 368 g/mol. The van der Waals surface area contributed by atoms with Gasteiger partial charge >= 0.3 is 5.69 Å². The maximum absolute atomic E-state index is 12.4. The summed E-state index contributed by atoms with van der Waals surface area (Å²) in [5, 5.41) is 12.7. The molecule has 1 heterocycles. The van der Waals surface area contributed by atoms with E-state index >= 15 is 0 Å². The molecule has 7 nitrogen and oxygen atoms in total. The van der Waals surface area contributed by atoms with Crippen molar-refractivity contribution in [2.24, 2.45) is 14.1 Å².